The van der Waals surface area contributed by atoms with Crippen molar-refractivity contribution < 1.29 is 14.4 Å². The summed E-state index contributed by atoms with van der Waals surface area (Å²) in [6, 6.07) is 13.9. The van der Waals surface area contributed by atoms with Gasteiger partial charge in [-0.15, -0.1) is 0 Å². The van der Waals surface area contributed by atoms with Gasteiger partial charge in [-0.05, 0) is 30.2 Å². The Labute approximate surface area is 155 Å². The number of benzene rings is 2. The van der Waals surface area contributed by atoms with Gasteiger partial charge < -0.3 is 14.5 Å². The van der Waals surface area contributed by atoms with Crippen molar-refractivity contribution in [3.63, 3.8) is 0 Å². The van der Waals surface area contributed by atoms with Gasteiger partial charge in [-0.1, -0.05) is 30.3 Å². The maximum atomic E-state index is 12.8. The first-order valence-corrected chi connectivity index (χ1v) is 8.16. The average Bonchev–Trinajstić information content (AvgIpc) is 2.67. The van der Waals surface area contributed by atoms with Crippen LogP contribution in [0.4, 0.5) is 5.69 Å². The van der Waals surface area contributed by atoms with Gasteiger partial charge in [-0.25, -0.2) is 0 Å². The van der Waals surface area contributed by atoms with Crippen molar-refractivity contribution in [3.8, 4) is 33.9 Å². The normalized spacial score (nSPS) is 10.5. The molecule has 0 radical (unpaired) electrons. The minimum absolute atomic E-state index is 0.177. The van der Waals surface area contributed by atoms with E-state index in [1.807, 2.05) is 30.3 Å². The topological polar surface area (TPSA) is 94.5 Å². The van der Waals surface area contributed by atoms with Crippen LogP contribution in [0.3, 0.4) is 0 Å². The van der Waals surface area contributed by atoms with E-state index in [1.54, 1.807) is 13.0 Å². The maximum Gasteiger partial charge on any atom is 0.281 e. The van der Waals surface area contributed by atoms with Gasteiger partial charge in [0.2, 0.25) is 0 Å². The molecule has 1 N–H and O–H groups in total. The number of nitro groups is 1. The summed E-state index contributed by atoms with van der Waals surface area (Å²) in [5, 5.41) is 11.6. The van der Waals surface area contributed by atoms with Crippen molar-refractivity contribution in [2.24, 2.45) is 0 Å². The summed E-state index contributed by atoms with van der Waals surface area (Å²) in [6.45, 7) is 1.75. The Balaban J connectivity index is 2.25. The lowest BCUT2D eigenvalue weighted by Gasteiger charge is -2.12. The second-order valence-corrected chi connectivity index (χ2v) is 5.92. The van der Waals surface area contributed by atoms with Crippen LogP contribution in [-0.2, 0) is 0 Å². The number of nitrogens with zero attached hydrogens (tertiary/aromatic N) is 1. The summed E-state index contributed by atoms with van der Waals surface area (Å²) in [6.07, 6.45) is 0. The quantitative estimate of drug-likeness (QED) is 0.545. The molecule has 1 aromatic heterocycles. The Bertz CT molecular complexity index is 1060. The molecular formula is C20H18N2O5. The second kappa shape index (κ2) is 7.33. The van der Waals surface area contributed by atoms with Crippen molar-refractivity contribution in [1.29, 1.82) is 0 Å². The smallest absolute Gasteiger partial charge is 0.281 e. The summed E-state index contributed by atoms with van der Waals surface area (Å²) >= 11 is 0. The molecule has 0 amide bonds. The first kappa shape index (κ1) is 18.2. The van der Waals surface area contributed by atoms with Gasteiger partial charge in [0.25, 0.3) is 11.2 Å². The number of ether oxygens (including phenoxy) is 2. The fourth-order valence-corrected chi connectivity index (χ4v) is 3.02. The third-order valence-corrected chi connectivity index (χ3v) is 4.28. The first-order chi connectivity index (χ1) is 13.0. The fourth-order valence-electron chi connectivity index (χ4n) is 3.02. The molecule has 3 rings (SSSR count). The van der Waals surface area contributed by atoms with Crippen LogP contribution in [-0.4, -0.2) is 24.1 Å². The van der Waals surface area contributed by atoms with E-state index in [2.05, 4.69) is 4.98 Å². The molecule has 0 saturated heterocycles. The van der Waals surface area contributed by atoms with Gasteiger partial charge in [0, 0.05) is 5.69 Å². The lowest BCUT2D eigenvalue weighted by Crippen LogP contribution is -2.13. The van der Waals surface area contributed by atoms with E-state index in [0.717, 1.165) is 5.56 Å². The molecule has 7 nitrogen and oxygen atoms in total. The summed E-state index contributed by atoms with van der Waals surface area (Å²) in [5.74, 6) is 0.534. The van der Waals surface area contributed by atoms with Gasteiger partial charge in [0.15, 0.2) is 11.5 Å². The molecule has 0 aliphatic carbocycles. The van der Waals surface area contributed by atoms with Crippen LogP contribution in [0.15, 0.2) is 53.3 Å². The highest BCUT2D eigenvalue weighted by atomic mass is 16.6. The van der Waals surface area contributed by atoms with Gasteiger partial charge in [-0.2, -0.15) is 0 Å². The van der Waals surface area contributed by atoms with Gasteiger partial charge in [0.05, 0.1) is 36.3 Å². The number of hydrogen-bond acceptors (Lipinski definition) is 5. The Hall–Kier alpha value is -3.61. The van der Waals surface area contributed by atoms with Crippen molar-refractivity contribution in [3.05, 3.63) is 74.6 Å². The van der Waals surface area contributed by atoms with E-state index >= 15 is 0 Å². The summed E-state index contributed by atoms with van der Waals surface area (Å²) in [5.41, 5.74) is 1.88. The molecule has 0 aliphatic rings. The van der Waals surface area contributed by atoms with Gasteiger partial charge in [-0.3, -0.25) is 14.9 Å². The first-order valence-electron chi connectivity index (χ1n) is 8.16. The van der Waals surface area contributed by atoms with E-state index < -0.39 is 10.5 Å². The van der Waals surface area contributed by atoms with Crippen LogP contribution in [0.1, 0.15) is 5.56 Å². The van der Waals surface area contributed by atoms with Crippen molar-refractivity contribution >= 4 is 5.69 Å². The fraction of sp³-hybridized carbons (Fsp3) is 0.150. The number of hydrogen-bond donors (Lipinski definition) is 1. The molecule has 27 heavy (non-hydrogen) atoms. The number of aromatic nitrogens is 1. The monoisotopic (exact) mass is 366 g/mol. The Morgan fingerprint density at radius 3 is 2.19 bits per heavy atom. The summed E-state index contributed by atoms with van der Waals surface area (Å²) in [7, 11) is 2.83. The summed E-state index contributed by atoms with van der Waals surface area (Å²) in [4.78, 5) is 26.7. The Kier molecular flexibility index (Phi) is 4.94. The van der Waals surface area contributed by atoms with E-state index in [-0.39, 0.29) is 22.6 Å². The predicted molar refractivity (Wildman–Crippen MR) is 102 cm³/mol. The molecular weight excluding hydrogens is 348 g/mol. The molecule has 0 atom stereocenters. The number of nitrogens with one attached hydrogen (secondary N) is 1. The van der Waals surface area contributed by atoms with Crippen LogP contribution in [0.5, 0.6) is 11.5 Å². The standard InChI is InChI=1S/C20H18N2O5/c1-12-9-15(13-7-5-4-6-8-13)21-20(23)19(12)14-10-17(26-2)18(27-3)11-16(14)22(24)25/h4-11H,1-3H3,(H,21,23). The highest BCUT2D eigenvalue weighted by Gasteiger charge is 2.24. The minimum Gasteiger partial charge on any atom is -0.493 e. The zero-order chi connectivity index (χ0) is 19.6. The molecule has 0 spiro atoms. The third-order valence-electron chi connectivity index (χ3n) is 4.28. The molecule has 0 bridgehead atoms. The van der Waals surface area contributed by atoms with Crippen molar-refractivity contribution in [2.45, 2.75) is 6.92 Å². The van der Waals surface area contributed by atoms with E-state index in [1.165, 1.54) is 26.4 Å². The molecule has 0 saturated carbocycles. The number of methoxy groups -OCH3 is 2. The Morgan fingerprint density at radius 1 is 1.00 bits per heavy atom. The molecule has 138 valence electrons. The highest BCUT2D eigenvalue weighted by molar-refractivity contribution is 5.80. The van der Waals surface area contributed by atoms with Gasteiger partial charge in [0.1, 0.15) is 0 Å². The number of H-pyrrole nitrogens is 1. The van der Waals surface area contributed by atoms with E-state index in [0.29, 0.717) is 17.0 Å². The van der Waals surface area contributed by atoms with Crippen molar-refractivity contribution in [1.82, 2.24) is 4.98 Å². The van der Waals surface area contributed by atoms with Crippen LogP contribution < -0.4 is 15.0 Å². The van der Waals surface area contributed by atoms with Crippen LogP contribution in [0.2, 0.25) is 0 Å². The van der Waals surface area contributed by atoms with Crippen molar-refractivity contribution in [2.75, 3.05) is 14.2 Å². The number of aryl methyl sites for hydroxylation is 1. The number of rotatable bonds is 5. The molecule has 0 unspecified atom stereocenters. The molecule has 2 aromatic carbocycles. The highest BCUT2D eigenvalue weighted by Crippen LogP contribution is 2.40. The maximum absolute atomic E-state index is 12.8. The number of nitro benzene ring substituents is 1. The zero-order valence-electron chi connectivity index (χ0n) is 15.1. The largest absolute Gasteiger partial charge is 0.493 e. The molecule has 0 aliphatic heterocycles. The number of aromatic amines is 1. The van der Waals surface area contributed by atoms with Crippen LogP contribution >= 0.6 is 0 Å². The van der Waals surface area contributed by atoms with Crippen LogP contribution in [0.25, 0.3) is 22.4 Å². The second-order valence-electron chi connectivity index (χ2n) is 5.92. The van der Waals surface area contributed by atoms with Gasteiger partial charge >= 0.3 is 0 Å². The number of pyridine rings is 1. The lowest BCUT2D eigenvalue weighted by atomic mass is 9.98. The minimum atomic E-state index is -0.540. The predicted octanol–water partition coefficient (Wildman–Crippen LogP) is 3.94. The summed E-state index contributed by atoms with van der Waals surface area (Å²) < 4.78 is 10.4. The lowest BCUT2D eigenvalue weighted by molar-refractivity contribution is -0.384. The van der Waals surface area contributed by atoms with E-state index in [9.17, 15) is 14.9 Å². The molecule has 7 heteroatoms. The Morgan fingerprint density at radius 2 is 1.63 bits per heavy atom. The molecule has 1 heterocycles. The molecule has 3 aromatic rings. The van der Waals surface area contributed by atoms with Crippen LogP contribution in [0, 0.1) is 17.0 Å². The third kappa shape index (κ3) is 3.39. The molecule has 0 fully saturated rings. The van der Waals surface area contributed by atoms with E-state index in [4.69, 9.17) is 9.47 Å². The zero-order valence-corrected chi connectivity index (χ0v) is 15.1. The SMILES string of the molecule is COc1cc(-c2c(C)cc(-c3ccccc3)[nH]c2=O)c([N+](=O)[O-])cc1OC. The average molecular weight is 366 g/mol.